The number of halogens is 2. The summed E-state index contributed by atoms with van der Waals surface area (Å²) < 4.78 is 0. The van der Waals surface area contributed by atoms with Crippen LogP contribution in [0.2, 0.25) is 10.0 Å². The fraction of sp³-hybridized carbons (Fsp3) is 0.0714. The van der Waals surface area contributed by atoms with E-state index in [1.54, 1.807) is 24.3 Å². The fourth-order valence-corrected chi connectivity index (χ4v) is 2.19. The number of hydrogen-bond acceptors (Lipinski definition) is 3. The van der Waals surface area contributed by atoms with E-state index in [1.165, 1.54) is 6.07 Å². The van der Waals surface area contributed by atoms with E-state index >= 15 is 0 Å². The summed E-state index contributed by atoms with van der Waals surface area (Å²) in [6.45, 7) is 1.83. The number of nitrogen functional groups attached to an aromatic ring is 1. The quantitative estimate of drug-likeness (QED) is 0.738. The number of aryl methyl sites for hydroxylation is 1. The normalized spacial score (nSPS) is 10.3. The largest absolute Gasteiger partial charge is 0.478 e. The number of carbonyl (C=O) groups is 1. The maximum atomic E-state index is 11.2. The molecule has 2 aromatic rings. The van der Waals surface area contributed by atoms with Crippen molar-refractivity contribution in [1.29, 1.82) is 0 Å². The third-order valence-corrected chi connectivity index (χ3v) is 3.55. The topological polar surface area (TPSA) is 75.3 Å². The number of nitrogens with two attached hydrogens (primary N) is 1. The summed E-state index contributed by atoms with van der Waals surface area (Å²) in [5.74, 6) is -1.07. The summed E-state index contributed by atoms with van der Waals surface area (Å²) in [5.41, 5.74) is 7.84. The van der Waals surface area contributed by atoms with Gasteiger partial charge in [-0.2, -0.15) is 0 Å². The lowest BCUT2D eigenvalue weighted by Crippen LogP contribution is -2.06. The van der Waals surface area contributed by atoms with Gasteiger partial charge in [0.25, 0.3) is 0 Å². The molecule has 6 heteroatoms. The van der Waals surface area contributed by atoms with Gasteiger partial charge in [-0.25, -0.2) is 4.79 Å². The molecule has 0 unspecified atom stereocenters. The zero-order chi connectivity index (χ0) is 14.9. The van der Waals surface area contributed by atoms with E-state index in [1.807, 2.05) is 6.92 Å². The van der Waals surface area contributed by atoms with E-state index < -0.39 is 5.97 Å². The highest BCUT2D eigenvalue weighted by molar-refractivity contribution is 6.36. The molecule has 2 rings (SSSR count). The second-order valence-electron chi connectivity index (χ2n) is 4.28. The van der Waals surface area contributed by atoms with Gasteiger partial charge >= 0.3 is 5.97 Å². The Balaban J connectivity index is 2.50. The minimum absolute atomic E-state index is 0.0674. The molecule has 0 saturated carbocycles. The average molecular weight is 311 g/mol. The molecule has 104 valence electrons. The van der Waals surface area contributed by atoms with Gasteiger partial charge in [0, 0.05) is 5.02 Å². The van der Waals surface area contributed by atoms with E-state index in [9.17, 15) is 9.90 Å². The molecular weight excluding hydrogens is 299 g/mol. The summed E-state index contributed by atoms with van der Waals surface area (Å²) in [6, 6.07) is 7.99. The van der Waals surface area contributed by atoms with Crippen molar-refractivity contribution < 1.29 is 9.90 Å². The number of hydrogen-bond donors (Lipinski definition) is 3. The van der Waals surface area contributed by atoms with Crippen LogP contribution in [0.3, 0.4) is 0 Å². The van der Waals surface area contributed by atoms with Crippen LogP contribution < -0.4 is 11.1 Å². The predicted molar refractivity (Wildman–Crippen MR) is 82.3 cm³/mol. The number of carboxylic acids is 1. The maximum Gasteiger partial charge on any atom is 0.337 e. The van der Waals surface area contributed by atoms with Gasteiger partial charge in [0.05, 0.1) is 27.6 Å². The van der Waals surface area contributed by atoms with Crippen LogP contribution in [-0.4, -0.2) is 11.1 Å². The van der Waals surface area contributed by atoms with Gasteiger partial charge in [-0.3, -0.25) is 0 Å². The number of benzene rings is 2. The lowest BCUT2D eigenvalue weighted by atomic mass is 10.1. The molecule has 0 spiro atoms. The number of nitrogens with one attached hydrogen (secondary N) is 1. The molecule has 0 amide bonds. The van der Waals surface area contributed by atoms with Crippen LogP contribution in [0.15, 0.2) is 30.3 Å². The first-order valence-electron chi connectivity index (χ1n) is 5.74. The molecule has 0 fully saturated rings. The molecular formula is C14H12Cl2N2O2. The second kappa shape index (κ2) is 5.61. The van der Waals surface area contributed by atoms with Crippen molar-refractivity contribution in [2.45, 2.75) is 6.92 Å². The number of para-hydroxylation sites is 1. The minimum atomic E-state index is -1.07. The van der Waals surface area contributed by atoms with Crippen LogP contribution in [0.25, 0.3) is 0 Å². The van der Waals surface area contributed by atoms with Gasteiger partial charge < -0.3 is 16.2 Å². The molecule has 0 aliphatic rings. The summed E-state index contributed by atoms with van der Waals surface area (Å²) in [4.78, 5) is 11.2. The Bertz CT molecular complexity index is 687. The highest BCUT2D eigenvalue weighted by Gasteiger charge is 2.14. The molecule has 20 heavy (non-hydrogen) atoms. The predicted octanol–water partition coefficient (Wildman–Crippen LogP) is 4.33. The average Bonchev–Trinajstić information content (AvgIpc) is 2.37. The van der Waals surface area contributed by atoms with Crippen LogP contribution in [0.5, 0.6) is 0 Å². The molecule has 0 aromatic heterocycles. The summed E-state index contributed by atoms with van der Waals surface area (Å²) in [6.07, 6.45) is 0. The van der Waals surface area contributed by atoms with Crippen molar-refractivity contribution >= 4 is 46.2 Å². The zero-order valence-corrected chi connectivity index (χ0v) is 12.1. The smallest absolute Gasteiger partial charge is 0.337 e. The van der Waals surface area contributed by atoms with Gasteiger partial charge in [0.1, 0.15) is 0 Å². The Morgan fingerprint density at radius 1 is 1.25 bits per heavy atom. The summed E-state index contributed by atoms with van der Waals surface area (Å²) >= 11 is 12.2. The van der Waals surface area contributed by atoms with Gasteiger partial charge in [-0.1, -0.05) is 29.3 Å². The van der Waals surface area contributed by atoms with E-state index in [2.05, 4.69) is 5.32 Å². The Morgan fingerprint density at radius 3 is 2.60 bits per heavy atom. The van der Waals surface area contributed by atoms with Gasteiger partial charge in [0.2, 0.25) is 0 Å². The minimum Gasteiger partial charge on any atom is -0.478 e. The first kappa shape index (κ1) is 14.5. The molecule has 0 heterocycles. The molecule has 4 nitrogen and oxygen atoms in total. The van der Waals surface area contributed by atoms with Crippen LogP contribution >= 0.6 is 23.2 Å². The maximum absolute atomic E-state index is 11.2. The van der Waals surface area contributed by atoms with Crippen molar-refractivity contribution in [3.63, 3.8) is 0 Å². The van der Waals surface area contributed by atoms with Crippen LogP contribution in [0.4, 0.5) is 17.1 Å². The second-order valence-corrected chi connectivity index (χ2v) is 5.10. The van der Waals surface area contributed by atoms with Gasteiger partial charge in [-0.15, -0.1) is 0 Å². The first-order valence-corrected chi connectivity index (χ1v) is 6.50. The number of rotatable bonds is 3. The molecule has 0 aliphatic carbocycles. The molecule has 0 aliphatic heterocycles. The molecule has 4 N–H and O–H groups in total. The Morgan fingerprint density at radius 2 is 1.95 bits per heavy atom. The third kappa shape index (κ3) is 2.81. The highest BCUT2D eigenvalue weighted by atomic mass is 35.5. The standard InChI is InChI=1S/C14H12Cl2N2O2/c1-7-5-10(16)12(6-9(7)15)18-13-8(14(19)20)3-2-4-11(13)17/h2-6,18H,17H2,1H3,(H,19,20). The van der Waals surface area contributed by atoms with Crippen LogP contribution in [-0.2, 0) is 0 Å². The van der Waals surface area contributed by atoms with E-state index in [0.717, 1.165) is 5.56 Å². The van der Waals surface area contributed by atoms with Crippen LogP contribution in [0, 0.1) is 6.92 Å². The fourth-order valence-electron chi connectivity index (χ4n) is 1.76. The molecule has 0 bridgehead atoms. The molecule has 2 aromatic carbocycles. The van der Waals surface area contributed by atoms with Gasteiger partial charge in [-0.05, 0) is 36.8 Å². The molecule has 0 radical (unpaired) electrons. The summed E-state index contributed by atoms with van der Waals surface area (Å²) in [7, 11) is 0. The summed E-state index contributed by atoms with van der Waals surface area (Å²) in [5, 5.41) is 13.1. The number of carboxylic acid groups (broad SMARTS) is 1. The zero-order valence-electron chi connectivity index (χ0n) is 10.6. The first-order chi connectivity index (χ1) is 9.40. The van der Waals surface area contributed by atoms with Crippen molar-refractivity contribution in [1.82, 2.24) is 0 Å². The lowest BCUT2D eigenvalue weighted by Gasteiger charge is -2.14. The number of aromatic carboxylic acids is 1. The van der Waals surface area contributed by atoms with Crippen LogP contribution in [0.1, 0.15) is 15.9 Å². The number of anilines is 3. The molecule has 0 atom stereocenters. The molecule has 0 saturated heterocycles. The Labute approximate surface area is 126 Å². The van der Waals surface area contributed by atoms with Crippen molar-refractivity contribution in [2.75, 3.05) is 11.1 Å². The Kier molecular flexibility index (Phi) is 4.06. The van der Waals surface area contributed by atoms with E-state index in [4.69, 9.17) is 28.9 Å². The van der Waals surface area contributed by atoms with Crippen molar-refractivity contribution in [2.24, 2.45) is 0 Å². The monoisotopic (exact) mass is 310 g/mol. The van der Waals surface area contributed by atoms with Crippen molar-refractivity contribution in [3.05, 3.63) is 51.5 Å². The third-order valence-electron chi connectivity index (χ3n) is 2.84. The van der Waals surface area contributed by atoms with E-state index in [0.29, 0.717) is 27.1 Å². The SMILES string of the molecule is Cc1cc(Cl)c(Nc2c(N)cccc2C(=O)O)cc1Cl. The van der Waals surface area contributed by atoms with Gasteiger partial charge in [0.15, 0.2) is 0 Å². The van der Waals surface area contributed by atoms with E-state index in [-0.39, 0.29) is 5.56 Å². The highest BCUT2D eigenvalue weighted by Crippen LogP contribution is 2.34. The van der Waals surface area contributed by atoms with Crippen molar-refractivity contribution in [3.8, 4) is 0 Å². The Hall–Kier alpha value is -1.91. The lowest BCUT2D eigenvalue weighted by molar-refractivity contribution is 0.0698.